The number of nitrogens with one attached hydrogen (secondary N) is 1. The number of allylic oxidation sites excluding steroid dienone is 3. The Labute approximate surface area is 125 Å². The van der Waals surface area contributed by atoms with Crippen molar-refractivity contribution in [2.75, 3.05) is 0 Å². The quantitative estimate of drug-likeness (QED) is 0.666. The fraction of sp³-hybridized carbons (Fsp3) is 0.765. The summed E-state index contributed by atoms with van der Waals surface area (Å²) in [7, 11) is -0.912. The Morgan fingerprint density at radius 2 is 1.90 bits per heavy atom. The van der Waals surface area contributed by atoms with E-state index >= 15 is 0 Å². The van der Waals surface area contributed by atoms with E-state index in [9.17, 15) is 4.21 Å². The summed E-state index contributed by atoms with van der Waals surface area (Å²) in [6.07, 6.45) is 17.0. The van der Waals surface area contributed by atoms with Crippen LogP contribution in [0.3, 0.4) is 0 Å². The number of fused-ring (bicyclic) bond motifs is 1. The highest BCUT2D eigenvalue weighted by molar-refractivity contribution is 7.85. The molecule has 1 heterocycles. The third kappa shape index (κ3) is 3.36. The summed E-state index contributed by atoms with van der Waals surface area (Å²) in [5.41, 5.74) is 1.01. The minimum atomic E-state index is -0.912. The van der Waals surface area contributed by atoms with Crippen molar-refractivity contribution >= 4 is 11.0 Å². The second kappa shape index (κ2) is 6.05. The molecular weight excluding hydrogens is 266 g/mol. The second-order valence-electron chi connectivity index (χ2n) is 6.82. The van der Waals surface area contributed by atoms with E-state index < -0.39 is 11.0 Å². The molecular formula is C17H27NOS. The highest BCUT2D eigenvalue weighted by Gasteiger charge is 2.49. The molecule has 1 spiro atoms. The van der Waals surface area contributed by atoms with Gasteiger partial charge in [-0.25, -0.2) is 4.21 Å². The molecule has 2 aliphatic carbocycles. The number of hydrogen-bond donors (Lipinski definition) is 1. The highest BCUT2D eigenvalue weighted by atomic mass is 32.2. The second-order valence-corrected chi connectivity index (χ2v) is 8.43. The van der Waals surface area contributed by atoms with Crippen molar-refractivity contribution in [3.63, 3.8) is 0 Å². The summed E-state index contributed by atoms with van der Waals surface area (Å²) >= 11 is 0. The molecule has 0 aromatic heterocycles. The van der Waals surface area contributed by atoms with Crippen molar-refractivity contribution in [3.8, 4) is 0 Å². The van der Waals surface area contributed by atoms with Gasteiger partial charge in [-0.2, -0.15) is 0 Å². The van der Waals surface area contributed by atoms with Crippen molar-refractivity contribution < 1.29 is 4.21 Å². The van der Waals surface area contributed by atoms with Crippen molar-refractivity contribution in [3.05, 3.63) is 24.4 Å². The average Bonchev–Trinajstić information content (AvgIpc) is 3.31. The number of rotatable bonds is 0. The Morgan fingerprint density at radius 1 is 1.15 bits per heavy atom. The first kappa shape index (κ1) is 14.4. The zero-order valence-corrected chi connectivity index (χ0v) is 13.2. The summed E-state index contributed by atoms with van der Waals surface area (Å²) in [4.78, 5) is 0. The molecule has 3 aliphatic rings. The van der Waals surface area contributed by atoms with Crippen LogP contribution in [0.4, 0.5) is 0 Å². The molecule has 112 valence electrons. The molecule has 3 unspecified atom stereocenters. The Balaban J connectivity index is 1.61. The first-order valence-electron chi connectivity index (χ1n) is 8.25. The molecule has 2 fully saturated rings. The Kier molecular flexibility index (Phi) is 4.34. The summed E-state index contributed by atoms with van der Waals surface area (Å²) in [5, 5.41) is 0. The van der Waals surface area contributed by atoms with Gasteiger partial charge in [0.1, 0.15) is 11.0 Å². The lowest BCUT2D eigenvalue weighted by Crippen LogP contribution is -2.29. The predicted octanol–water partition coefficient (Wildman–Crippen LogP) is 4.22. The average molecular weight is 293 g/mol. The van der Waals surface area contributed by atoms with Gasteiger partial charge in [-0.05, 0) is 44.4 Å². The Bertz CT molecular complexity index is 425. The molecule has 0 saturated heterocycles. The van der Waals surface area contributed by atoms with Gasteiger partial charge < -0.3 is 4.72 Å². The molecule has 2 nitrogen and oxygen atoms in total. The molecule has 1 N–H and O–H groups in total. The topological polar surface area (TPSA) is 29.1 Å². The maximum absolute atomic E-state index is 12.5. The van der Waals surface area contributed by atoms with E-state index in [0.717, 1.165) is 25.0 Å². The van der Waals surface area contributed by atoms with Crippen molar-refractivity contribution in [1.29, 1.82) is 0 Å². The normalized spacial score (nSPS) is 39.0. The molecule has 0 aromatic carbocycles. The molecule has 0 amide bonds. The molecule has 0 bridgehead atoms. The summed E-state index contributed by atoms with van der Waals surface area (Å²) < 4.78 is 15.9. The predicted molar refractivity (Wildman–Crippen MR) is 85.4 cm³/mol. The first-order chi connectivity index (χ1) is 9.71. The minimum Gasteiger partial charge on any atom is -0.309 e. The molecule has 20 heavy (non-hydrogen) atoms. The molecule has 1 aliphatic heterocycles. The van der Waals surface area contributed by atoms with E-state index in [-0.39, 0.29) is 4.75 Å². The van der Waals surface area contributed by atoms with Crippen LogP contribution in [0.5, 0.6) is 0 Å². The van der Waals surface area contributed by atoms with Crippen LogP contribution >= 0.6 is 0 Å². The van der Waals surface area contributed by atoms with Crippen molar-refractivity contribution in [2.45, 2.75) is 69.0 Å². The molecule has 2 saturated carbocycles. The monoisotopic (exact) mass is 293 g/mol. The highest BCUT2D eigenvalue weighted by Crippen LogP contribution is 2.48. The van der Waals surface area contributed by atoms with Gasteiger partial charge in [0.05, 0.1) is 4.75 Å². The minimum absolute atomic E-state index is 0.0867. The summed E-state index contributed by atoms with van der Waals surface area (Å²) in [5.74, 6) is 1.17. The van der Waals surface area contributed by atoms with E-state index in [2.05, 4.69) is 23.5 Å². The summed E-state index contributed by atoms with van der Waals surface area (Å²) in [6, 6.07) is 0. The van der Waals surface area contributed by atoms with E-state index in [4.69, 9.17) is 0 Å². The van der Waals surface area contributed by atoms with Crippen LogP contribution in [-0.2, 0) is 11.0 Å². The van der Waals surface area contributed by atoms with Gasteiger partial charge >= 0.3 is 0 Å². The maximum atomic E-state index is 12.5. The third-order valence-electron chi connectivity index (χ3n) is 5.10. The first-order valence-corrected chi connectivity index (χ1v) is 9.40. The summed E-state index contributed by atoms with van der Waals surface area (Å²) in [6.45, 7) is 4.13. The largest absolute Gasteiger partial charge is 0.309 e. The fourth-order valence-electron chi connectivity index (χ4n) is 3.31. The van der Waals surface area contributed by atoms with Crippen molar-refractivity contribution in [2.24, 2.45) is 11.8 Å². The Morgan fingerprint density at radius 3 is 2.70 bits per heavy atom. The van der Waals surface area contributed by atoms with Crippen LogP contribution in [0.2, 0.25) is 0 Å². The van der Waals surface area contributed by atoms with Gasteiger partial charge in [0, 0.05) is 11.6 Å². The lowest BCUT2D eigenvalue weighted by molar-refractivity contribution is 0.574. The van der Waals surface area contributed by atoms with Crippen LogP contribution in [0.25, 0.3) is 0 Å². The van der Waals surface area contributed by atoms with Gasteiger partial charge in [-0.3, -0.25) is 0 Å². The van der Waals surface area contributed by atoms with Crippen molar-refractivity contribution in [1.82, 2.24) is 4.72 Å². The van der Waals surface area contributed by atoms with Crippen LogP contribution in [-0.4, -0.2) is 8.96 Å². The molecule has 0 radical (unpaired) electrons. The van der Waals surface area contributed by atoms with E-state index in [1.807, 2.05) is 0 Å². The maximum Gasteiger partial charge on any atom is 0.123 e. The van der Waals surface area contributed by atoms with E-state index in [1.165, 1.54) is 44.9 Å². The van der Waals surface area contributed by atoms with Gasteiger partial charge in [-0.1, -0.05) is 44.4 Å². The van der Waals surface area contributed by atoms with Gasteiger partial charge in [0.25, 0.3) is 0 Å². The zero-order chi connectivity index (χ0) is 14.0. The fourth-order valence-corrected chi connectivity index (χ4v) is 4.72. The lowest BCUT2D eigenvalue weighted by Gasteiger charge is -2.17. The SMILES string of the molecule is C=C1NS(=O)C2(CCCCCCC/C=C/C3CC13)CC2. The van der Waals surface area contributed by atoms with E-state index in [1.54, 1.807) is 0 Å². The van der Waals surface area contributed by atoms with E-state index in [0.29, 0.717) is 11.8 Å². The zero-order valence-electron chi connectivity index (χ0n) is 12.4. The van der Waals surface area contributed by atoms with Crippen LogP contribution in [0, 0.1) is 11.8 Å². The third-order valence-corrected chi connectivity index (χ3v) is 6.95. The Hall–Kier alpha value is -0.570. The van der Waals surface area contributed by atoms with Gasteiger partial charge in [0.2, 0.25) is 0 Å². The molecule has 3 rings (SSSR count). The number of hydrogen-bond acceptors (Lipinski definition) is 1. The van der Waals surface area contributed by atoms with Crippen LogP contribution < -0.4 is 4.72 Å². The molecule has 3 atom stereocenters. The standard InChI is InChI=1S/C17H27NOS/c1-14-16-13-15(16)9-7-5-3-2-4-6-8-10-17(11-12-17)20(19)18-14/h7,9,15-16,18H,1-6,8,10-13H2/b9-7+. The van der Waals surface area contributed by atoms with Gasteiger partial charge in [-0.15, -0.1) is 0 Å². The van der Waals surface area contributed by atoms with Crippen LogP contribution in [0.15, 0.2) is 24.4 Å². The molecule has 3 heteroatoms. The van der Waals surface area contributed by atoms with Gasteiger partial charge in [0.15, 0.2) is 0 Å². The lowest BCUT2D eigenvalue weighted by atomic mass is 10.1. The van der Waals surface area contributed by atoms with Crippen LogP contribution in [0.1, 0.15) is 64.2 Å². The molecule has 0 aromatic rings. The smallest absolute Gasteiger partial charge is 0.123 e.